The van der Waals surface area contributed by atoms with Gasteiger partial charge in [-0.05, 0) is 168 Å². The number of allylic oxidation sites excluding steroid dienone is 5. The Labute approximate surface area is 756 Å². The summed E-state index contributed by atoms with van der Waals surface area (Å²) >= 11 is 6.85. The fourth-order valence-corrected chi connectivity index (χ4v) is 17.2. The Bertz CT molecular complexity index is 4050. The van der Waals surface area contributed by atoms with E-state index in [1.807, 2.05) is 68.5 Å². The number of pyridine rings is 1. The van der Waals surface area contributed by atoms with Crippen LogP contribution in [0, 0.1) is 42.3 Å². The molecule has 708 valence electrons. The van der Waals surface area contributed by atoms with Gasteiger partial charge in [0.2, 0.25) is 11.7 Å². The molecule has 2 bridgehead atoms. The van der Waals surface area contributed by atoms with Crippen LogP contribution >= 0.6 is 24.0 Å². The molecule has 16 atom stereocenters. The minimum Gasteiger partial charge on any atom is -0.491 e. The number of aliphatic hydroxyl groups excluding tert-OH is 3. The van der Waals surface area contributed by atoms with Gasteiger partial charge in [0.1, 0.15) is 54.4 Å². The Morgan fingerprint density at radius 2 is 1.36 bits per heavy atom. The van der Waals surface area contributed by atoms with Gasteiger partial charge in [0, 0.05) is 117 Å². The Kier molecular flexibility index (Phi) is 46.1. The number of piperidine rings is 1. The number of Topliss-reactive ketones (excluding diaryl/α,β-unsaturated/α-hetero) is 2. The summed E-state index contributed by atoms with van der Waals surface area (Å²) in [6, 6.07) is 10.6. The minimum absolute atomic E-state index is 0.0272. The standard InChI is InChI=1S/C93H138FN7O24S2/c1-60-15-11-10-12-16-61(2)78(112-8)56-71-22-18-65(6)93(111,125-71)88(107)90(109)101-31-14-13-17-74(101)91(110)123-79(57-75(102)62(3)52-64(5)86(105)87(106)85(104)63(4)51-60)73(95)53-67-19-24-77(80(54-67)113-9)124-92(126)98-29-34-115-37-39-117-41-43-119-45-47-121-49-48-120-46-44-118-42-40-116-38-36-114-33-28-83(103)97-30-50-127-81-26-23-72(66(7)84(81)94)89(108)100-32-35-122-76-25-20-68(55-70(76)59-100)69-21-27-82(96)99-58-69/h10-12,15-16,20-21,23,25-27,52,55,58,60,62-63,65,67,71,73-75,77-80,86-87,102,105-106,111H,13-14,17-19,22,24,28-51,53-54,56-57,59,95H2,1-9H3,(H2,96,99)(H,97,103)(H,98,126)/b12-10+,15-11+,61-16+,64-52+/t60-,62-,63-,65-,67+,71+,73-,74+,75?,77-,78+,79+,80-,86-,87+,93-/m1/s1. The van der Waals surface area contributed by atoms with Crippen LogP contribution in [0.2, 0.25) is 0 Å². The second-order valence-electron chi connectivity index (χ2n) is 33.3. The number of carbonyl (C=O) groups excluding carboxylic acids is 6. The average Bonchev–Trinajstić information content (AvgIpc) is 0.891. The lowest BCUT2D eigenvalue weighted by Crippen LogP contribution is -2.61. The number of rotatable bonds is 39. The quantitative estimate of drug-likeness (QED) is 0.00662. The number of ether oxygens (including phenoxy) is 14. The average molecular weight is 1820 g/mol. The molecular formula is C93H138FN7O24S2. The third-order valence-electron chi connectivity index (χ3n) is 23.7. The van der Waals surface area contributed by atoms with Crippen LogP contribution < -0.4 is 26.8 Å². The van der Waals surface area contributed by atoms with Gasteiger partial charge < -0.3 is 119 Å². The SMILES string of the molecule is CO[C@H]1C[C@@H]2CC[C@@H](C)[C@@](O)(O2)C(=O)C(=O)N2CCCC[C@H]2C(=O)O[C@H]([C@H](N)C[C@@H]2CC[C@@H](OC(=S)NCCOCCOCCOCCOCCOCCOCCOCCOCCC(=O)NCCSc3ccc(C(=O)N4CCOc5ccc(-c6ccc(N)nc6)cc5C4)c(C)c3F)[C@H](OC)C2)CC(O)[C@H](C)/C=C(\C)[C@@H](O)[C@@H](O)C(=O)[C@H](C)C[C@H](C)/C=C/C=C/C=C/1C. The summed E-state index contributed by atoms with van der Waals surface area (Å²) < 4.78 is 97.1. The van der Waals surface area contributed by atoms with E-state index in [-0.39, 0.29) is 84.4 Å². The number of nitrogens with two attached hydrogens (primary N) is 2. The molecule has 1 aromatic heterocycles. The van der Waals surface area contributed by atoms with Crippen molar-refractivity contribution in [1.82, 2.24) is 25.4 Å². The van der Waals surface area contributed by atoms with Crippen molar-refractivity contribution in [2.45, 2.75) is 210 Å². The van der Waals surface area contributed by atoms with Crippen molar-refractivity contribution in [3.05, 3.63) is 119 Å². The van der Waals surface area contributed by atoms with Gasteiger partial charge >= 0.3 is 5.97 Å². The molecule has 2 saturated heterocycles. The van der Waals surface area contributed by atoms with Gasteiger partial charge in [0.15, 0.2) is 5.78 Å². The molecule has 34 heteroatoms. The zero-order chi connectivity index (χ0) is 91.8. The fourth-order valence-electron chi connectivity index (χ4n) is 16.1. The number of carbonyl (C=O) groups is 6. The van der Waals surface area contributed by atoms with Gasteiger partial charge in [-0.15, -0.1) is 11.8 Å². The number of cyclic esters (lactones) is 1. The van der Waals surface area contributed by atoms with Crippen LogP contribution in [0.3, 0.4) is 0 Å². The molecular weight excluding hydrogens is 1680 g/mol. The van der Waals surface area contributed by atoms with Crippen LogP contribution in [0.15, 0.2) is 101 Å². The summed E-state index contributed by atoms with van der Waals surface area (Å²) in [5.74, 6) is -7.73. The van der Waals surface area contributed by atoms with Crippen molar-refractivity contribution in [3.63, 3.8) is 0 Å². The number of thiocarbonyl (C=S) groups is 1. The Morgan fingerprint density at radius 1 is 0.709 bits per heavy atom. The topological polar surface area (TPSA) is 408 Å². The third-order valence-corrected chi connectivity index (χ3v) is 25.0. The number of aromatic nitrogens is 1. The maximum atomic E-state index is 15.7. The third kappa shape index (κ3) is 34.1. The highest BCUT2D eigenvalue weighted by Gasteiger charge is 2.53. The first-order chi connectivity index (χ1) is 61.1. The second kappa shape index (κ2) is 55.8. The molecule has 5 heterocycles. The van der Waals surface area contributed by atoms with Crippen molar-refractivity contribution in [2.75, 3.05) is 164 Å². The van der Waals surface area contributed by atoms with Crippen LogP contribution in [0.25, 0.3) is 11.1 Å². The highest BCUT2D eigenvalue weighted by atomic mass is 32.2. The molecule has 8 rings (SSSR count). The molecule has 1 unspecified atom stereocenters. The van der Waals surface area contributed by atoms with E-state index in [0.29, 0.717) is 212 Å². The molecule has 10 N–H and O–H groups in total. The van der Waals surface area contributed by atoms with Crippen LogP contribution in [0.5, 0.6) is 5.75 Å². The van der Waals surface area contributed by atoms with Crippen molar-refractivity contribution in [2.24, 2.45) is 35.3 Å². The van der Waals surface area contributed by atoms with E-state index in [2.05, 4.69) is 15.6 Å². The lowest BCUT2D eigenvalue weighted by Gasteiger charge is -2.43. The van der Waals surface area contributed by atoms with Crippen molar-refractivity contribution in [1.29, 1.82) is 0 Å². The van der Waals surface area contributed by atoms with Crippen LogP contribution in [0.1, 0.15) is 146 Å². The van der Waals surface area contributed by atoms with Gasteiger partial charge in [-0.3, -0.25) is 24.0 Å². The highest BCUT2D eigenvalue weighted by molar-refractivity contribution is 7.99. The molecule has 0 radical (unpaired) electrons. The molecule has 0 spiro atoms. The van der Waals surface area contributed by atoms with E-state index in [4.69, 9.17) is 90.0 Å². The largest absolute Gasteiger partial charge is 0.491 e. The number of hydrogen-bond donors (Lipinski definition) is 8. The maximum Gasteiger partial charge on any atom is 0.329 e. The first-order valence-electron chi connectivity index (χ1n) is 44.7. The van der Waals surface area contributed by atoms with Crippen molar-refractivity contribution < 1.29 is 120 Å². The first-order valence-corrected chi connectivity index (χ1v) is 46.1. The smallest absolute Gasteiger partial charge is 0.329 e. The number of esters is 1. The Morgan fingerprint density at radius 3 is 2.01 bits per heavy atom. The Balaban J connectivity index is 0.636. The number of nitrogens with zero attached hydrogens (tertiary/aromatic N) is 3. The summed E-state index contributed by atoms with van der Waals surface area (Å²) in [4.78, 5) is 90.8. The molecule has 127 heavy (non-hydrogen) atoms. The monoisotopic (exact) mass is 1820 g/mol. The molecule has 3 fully saturated rings. The van der Waals surface area contributed by atoms with E-state index >= 15 is 4.39 Å². The molecule has 3 aromatic rings. The number of benzene rings is 2. The van der Waals surface area contributed by atoms with Gasteiger partial charge in [-0.25, -0.2) is 14.2 Å². The number of anilines is 1. The minimum atomic E-state index is -2.49. The number of fused-ring (bicyclic) bond motifs is 4. The van der Waals surface area contributed by atoms with Gasteiger partial charge in [-0.2, -0.15) is 0 Å². The zero-order valence-electron chi connectivity index (χ0n) is 75.3. The van der Waals surface area contributed by atoms with E-state index in [0.717, 1.165) is 27.2 Å². The van der Waals surface area contributed by atoms with Crippen LogP contribution in [-0.2, 0) is 92.1 Å². The summed E-state index contributed by atoms with van der Waals surface area (Å²) in [5.41, 5.74) is 17.1. The van der Waals surface area contributed by atoms with E-state index < -0.39 is 114 Å². The normalized spacial score (nSPS) is 27.4. The van der Waals surface area contributed by atoms with Gasteiger partial charge in [0.05, 0.1) is 137 Å². The molecule has 5 aliphatic rings. The number of nitrogens with one attached hydrogen (secondary N) is 2. The first kappa shape index (κ1) is 105. The van der Waals surface area contributed by atoms with Crippen molar-refractivity contribution >= 4 is 70.2 Å². The molecule has 1 aliphatic carbocycles. The number of aliphatic hydroxyl groups is 4. The van der Waals surface area contributed by atoms with Crippen LogP contribution in [0.4, 0.5) is 10.2 Å². The zero-order valence-corrected chi connectivity index (χ0v) is 77.0. The number of ketones is 2. The lowest BCUT2D eigenvalue weighted by atomic mass is 9.80. The van der Waals surface area contributed by atoms with Crippen LogP contribution in [-0.4, -0.2) is 301 Å². The number of halogens is 1. The summed E-state index contributed by atoms with van der Waals surface area (Å²) in [6.07, 6.45) is 9.66. The summed E-state index contributed by atoms with van der Waals surface area (Å²) in [6.45, 7) is 19.5. The molecule has 4 aliphatic heterocycles. The number of thioether (sulfide) groups is 1. The van der Waals surface area contributed by atoms with E-state index in [1.165, 1.54) is 11.8 Å². The maximum absolute atomic E-state index is 15.7. The molecule has 1 saturated carbocycles. The highest BCUT2D eigenvalue weighted by Crippen LogP contribution is 2.39. The van der Waals surface area contributed by atoms with Gasteiger partial charge in [-0.1, -0.05) is 70.2 Å². The van der Waals surface area contributed by atoms with Gasteiger partial charge in [0.25, 0.3) is 22.8 Å². The number of amides is 3. The number of nitrogen functional groups attached to an aromatic ring is 1. The number of hydrogen-bond acceptors (Lipinski definition) is 29. The Hall–Kier alpha value is -7.30. The summed E-state index contributed by atoms with van der Waals surface area (Å²) in [5, 5.41) is 52.7. The van der Waals surface area contributed by atoms with E-state index in [9.17, 15) is 49.2 Å². The predicted octanol–water partition coefficient (Wildman–Crippen LogP) is 8.47. The lowest BCUT2D eigenvalue weighted by molar-refractivity contribution is -0.265. The summed E-state index contributed by atoms with van der Waals surface area (Å²) in [7, 11) is 3.14. The fraction of sp³-hybridized carbons (Fsp3) is 0.656. The molecule has 2 aromatic carbocycles. The number of methoxy groups -OCH3 is 2. The molecule has 31 nitrogen and oxygen atoms in total. The van der Waals surface area contributed by atoms with E-state index in [1.54, 1.807) is 84.2 Å². The predicted molar refractivity (Wildman–Crippen MR) is 480 cm³/mol. The van der Waals surface area contributed by atoms with Crippen molar-refractivity contribution in [3.8, 4) is 16.9 Å². The molecule has 3 amide bonds. The second-order valence-corrected chi connectivity index (χ2v) is 34.8.